The molecule has 3 aliphatic rings. The van der Waals surface area contributed by atoms with Crippen LogP contribution in [-0.2, 0) is 10.2 Å². The third-order valence-corrected chi connectivity index (χ3v) is 6.61. The van der Waals surface area contributed by atoms with Gasteiger partial charge in [0.05, 0.1) is 5.41 Å². The molecule has 3 nitrogen and oxygen atoms in total. The zero-order valence-electron chi connectivity index (χ0n) is 14.9. The average molecular weight is 326 g/mol. The molecule has 0 bridgehead atoms. The monoisotopic (exact) mass is 326 g/mol. The van der Waals surface area contributed by atoms with Gasteiger partial charge >= 0.3 is 0 Å². The van der Waals surface area contributed by atoms with Crippen LogP contribution in [0.3, 0.4) is 0 Å². The summed E-state index contributed by atoms with van der Waals surface area (Å²) in [4.78, 5) is 18.2. The van der Waals surface area contributed by atoms with Crippen molar-refractivity contribution in [3.05, 3.63) is 35.9 Å². The van der Waals surface area contributed by atoms with Gasteiger partial charge in [0, 0.05) is 19.1 Å². The van der Waals surface area contributed by atoms with Gasteiger partial charge in [-0.2, -0.15) is 0 Å². The molecule has 3 heteroatoms. The number of carbonyl (C=O) groups excluding carboxylic acids is 1. The zero-order valence-corrected chi connectivity index (χ0v) is 14.9. The molecule has 0 unspecified atom stereocenters. The van der Waals surface area contributed by atoms with Gasteiger partial charge in [0.1, 0.15) is 0 Å². The summed E-state index contributed by atoms with van der Waals surface area (Å²) in [5, 5.41) is 0. The molecule has 3 fully saturated rings. The minimum Gasteiger partial charge on any atom is -0.340 e. The van der Waals surface area contributed by atoms with Crippen molar-refractivity contribution in [2.75, 3.05) is 20.1 Å². The standard InChI is InChI=1S/C21H30N2O/c1-22(18-11-5-6-12-19(18)23-15-7-8-16-23)20(24)21(13-14-21)17-9-3-2-4-10-17/h2-4,9-10,18-19H,5-8,11-16H2,1H3/t18-,19-/m0/s1. The first-order chi connectivity index (χ1) is 11.7. The van der Waals surface area contributed by atoms with Gasteiger partial charge in [-0.05, 0) is 57.2 Å². The Bertz CT molecular complexity index is 575. The van der Waals surface area contributed by atoms with E-state index in [1.54, 1.807) is 0 Å². The highest BCUT2D eigenvalue weighted by molar-refractivity contribution is 5.91. The molecule has 1 aromatic rings. The Hall–Kier alpha value is -1.35. The predicted molar refractivity (Wildman–Crippen MR) is 97.0 cm³/mol. The van der Waals surface area contributed by atoms with Gasteiger partial charge in [0.2, 0.25) is 5.91 Å². The molecule has 0 radical (unpaired) electrons. The Balaban J connectivity index is 1.53. The lowest BCUT2D eigenvalue weighted by molar-refractivity contribution is -0.137. The lowest BCUT2D eigenvalue weighted by atomic mass is 9.86. The summed E-state index contributed by atoms with van der Waals surface area (Å²) >= 11 is 0. The van der Waals surface area contributed by atoms with Gasteiger partial charge in [0.25, 0.3) is 0 Å². The van der Waals surface area contributed by atoms with Crippen molar-refractivity contribution in [3.63, 3.8) is 0 Å². The Kier molecular flexibility index (Phi) is 4.38. The molecule has 1 amide bonds. The Labute approximate surface area is 146 Å². The average Bonchev–Trinajstić information content (AvgIpc) is 3.28. The fourth-order valence-electron chi connectivity index (χ4n) is 5.04. The summed E-state index contributed by atoms with van der Waals surface area (Å²) in [6.07, 6.45) is 9.72. The second kappa shape index (κ2) is 6.51. The third kappa shape index (κ3) is 2.77. The first kappa shape index (κ1) is 16.1. The van der Waals surface area contributed by atoms with E-state index >= 15 is 0 Å². The van der Waals surface area contributed by atoms with Crippen LogP contribution in [0.1, 0.15) is 56.9 Å². The maximum absolute atomic E-state index is 13.4. The highest BCUT2D eigenvalue weighted by atomic mass is 16.2. The number of carbonyl (C=O) groups is 1. The molecule has 1 aromatic carbocycles. The summed E-state index contributed by atoms with van der Waals surface area (Å²) in [5.41, 5.74) is 0.999. The molecule has 2 saturated carbocycles. The fourth-order valence-corrected chi connectivity index (χ4v) is 5.04. The van der Waals surface area contributed by atoms with Crippen LogP contribution in [0.5, 0.6) is 0 Å². The number of rotatable bonds is 4. The van der Waals surface area contributed by atoms with E-state index in [9.17, 15) is 4.79 Å². The molecule has 0 N–H and O–H groups in total. The van der Waals surface area contributed by atoms with Gasteiger partial charge in [-0.25, -0.2) is 0 Å². The highest BCUT2D eigenvalue weighted by Crippen LogP contribution is 2.50. The van der Waals surface area contributed by atoms with Crippen LogP contribution in [0.15, 0.2) is 30.3 Å². The van der Waals surface area contributed by atoms with Crippen LogP contribution >= 0.6 is 0 Å². The number of likely N-dealkylation sites (tertiary alicyclic amines) is 1. The van der Waals surface area contributed by atoms with E-state index in [1.165, 1.54) is 57.2 Å². The molecule has 1 aliphatic heterocycles. The molecule has 0 aromatic heterocycles. The minimum absolute atomic E-state index is 0.219. The lowest BCUT2D eigenvalue weighted by Crippen LogP contribution is -2.55. The lowest BCUT2D eigenvalue weighted by Gasteiger charge is -2.43. The number of hydrogen-bond acceptors (Lipinski definition) is 2. The number of nitrogens with zero attached hydrogens (tertiary/aromatic N) is 2. The normalized spacial score (nSPS) is 29.4. The number of hydrogen-bond donors (Lipinski definition) is 0. The second-order valence-corrected chi connectivity index (χ2v) is 8.03. The van der Waals surface area contributed by atoms with E-state index in [-0.39, 0.29) is 5.41 Å². The molecule has 1 heterocycles. The maximum atomic E-state index is 13.4. The van der Waals surface area contributed by atoms with Crippen molar-refractivity contribution >= 4 is 5.91 Å². The molecule has 0 spiro atoms. The zero-order chi connectivity index (χ0) is 16.6. The highest BCUT2D eigenvalue weighted by Gasteiger charge is 2.53. The molecular weight excluding hydrogens is 296 g/mol. The third-order valence-electron chi connectivity index (χ3n) is 6.61. The van der Waals surface area contributed by atoms with Crippen LogP contribution in [0.2, 0.25) is 0 Å². The van der Waals surface area contributed by atoms with Crippen LogP contribution in [0.4, 0.5) is 0 Å². The van der Waals surface area contributed by atoms with Gasteiger partial charge in [-0.1, -0.05) is 43.2 Å². The fraction of sp³-hybridized carbons (Fsp3) is 0.667. The molecule has 2 aliphatic carbocycles. The molecule has 4 rings (SSSR count). The smallest absolute Gasteiger partial charge is 0.233 e. The van der Waals surface area contributed by atoms with Crippen LogP contribution in [-0.4, -0.2) is 47.9 Å². The van der Waals surface area contributed by atoms with E-state index in [1.807, 2.05) is 6.07 Å². The van der Waals surface area contributed by atoms with Gasteiger partial charge in [-0.3, -0.25) is 9.69 Å². The van der Waals surface area contributed by atoms with E-state index in [4.69, 9.17) is 0 Å². The van der Waals surface area contributed by atoms with Crippen molar-refractivity contribution in [1.82, 2.24) is 9.80 Å². The van der Waals surface area contributed by atoms with E-state index in [2.05, 4.69) is 41.1 Å². The van der Waals surface area contributed by atoms with E-state index < -0.39 is 0 Å². The summed E-state index contributed by atoms with van der Waals surface area (Å²) in [5.74, 6) is 0.366. The topological polar surface area (TPSA) is 23.6 Å². The van der Waals surface area contributed by atoms with Crippen LogP contribution in [0.25, 0.3) is 0 Å². The maximum Gasteiger partial charge on any atom is 0.233 e. The second-order valence-electron chi connectivity index (χ2n) is 8.03. The van der Waals surface area contributed by atoms with E-state index in [0.717, 1.165) is 12.8 Å². The van der Waals surface area contributed by atoms with Crippen molar-refractivity contribution in [1.29, 1.82) is 0 Å². The SMILES string of the molecule is CN(C(=O)C1(c2ccccc2)CC1)[C@H]1CCCC[C@@H]1N1CCCC1. The Morgan fingerprint density at radius 1 is 1.04 bits per heavy atom. The number of benzene rings is 1. The number of likely N-dealkylation sites (N-methyl/N-ethyl adjacent to an activating group) is 1. The minimum atomic E-state index is -0.219. The predicted octanol–water partition coefficient (Wildman–Crippen LogP) is 3.58. The molecule has 130 valence electrons. The Morgan fingerprint density at radius 2 is 1.71 bits per heavy atom. The molecule has 1 saturated heterocycles. The van der Waals surface area contributed by atoms with Gasteiger partial charge < -0.3 is 4.90 Å². The summed E-state index contributed by atoms with van der Waals surface area (Å²) in [6, 6.07) is 11.4. The summed E-state index contributed by atoms with van der Waals surface area (Å²) in [7, 11) is 2.07. The van der Waals surface area contributed by atoms with Crippen molar-refractivity contribution in [2.45, 2.75) is 68.9 Å². The largest absolute Gasteiger partial charge is 0.340 e. The van der Waals surface area contributed by atoms with Gasteiger partial charge in [-0.15, -0.1) is 0 Å². The first-order valence-corrected chi connectivity index (χ1v) is 9.79. The van der Waals surface area contributed by atoms with E-state index in [0.29, 0.717) is 18.0 Å². The number of amides is 1. The summed E-state index contributed by atoms with van der Waals surface area (Å²) < 4.78 is 0. The van der Waals surface area contributed by atoms with Crippen molar-refractivity contribution in [3.8, 4) is 0 Å². The molecule has 24 heavy (non-hydrogen) atoms. The quantitative estimate of drug-likeness (QED) is 0.844. The van der Waals surface area contributed by atoms with Crippen molar-refractivity contribution in [2.24, 2.45) is 0 Å². The van der Waals surface area contributed by atoms with Crippen LogP contribution in [0, 0.1) is 0 Å². The Morgan fingerprint density at radius 3 is 2.38 bits per heavy atom. The first-order valence-electron chi connectivity index (χ1n) is 9.79. The molecule has 2 atom stereocenters. The van der Waals surface area contributed by atoms with Crippen LogP contribution < -0.4 is 0 Å². The van der Waals surface area contributed by atoms with Gasteiger partial charge in [0.15, 0.2) is 0 Å². The molecular formula is C21H30N2O. The van der Waals surface area contributed by atoms with Crippen molar-refractivity contribution < 1.29 is 4.79 Å². The summed E-state index contributed by atoms with van der Waals surface area (Å²) in [6.45, 7) is 2.46.